The Hall–Kier alpha value is -2.40. The maximum absolute atomic E-state index is 13.1. The Balaban J connectivity index is 1.33. The second-order valence-electron chi connectivity index (χ2n) is 7.10. The number of hydrogen-bond donors (Lipinski definition) is 0. The van der Waals surface area contributed by atoms with Crippen molar-refractivity contribution in [2.75, 3.05) is 26.2 Å². The molecule has 2 fully saturated rings. The number of hydrogen-bond acceptors (Lipinski definition) is 2. The van der Waals surface area contributed by atoms with Crippen LogP contribution < -0.4 is 0 Å². The Morgan fingerprint density at radius 3 is 2.22 bits per heavy atom. The summed E-state index contributed by atoms with van der Waals surface area (Å²) in [6.45, 7) is 2.07. The number of halogens is 2. The minimum atomic E-state index is -0.262. The van der Waals surface area contributed by atoms with Crippen LogP contribution in [0.2, 0.25) is 5.02 Å². The second-order valence-corrected chi connectivity index (χ2v) is 7.50. The van der Waals surface area contributed by atoms with Crippen LogP contribution in [-0.4, -0.2) is 47.8 Å². The molecule has 1 saturated carbocycles. The highest BCUT2D eigenvalue weighted by molar-refractivity contribution is 6.33. The summed E-state index contributed by atoms with van der Waals surface area (Å²) >= 11 is 6.12. The van der Waals surface area contributed by atoms with Crippen molar-refractivity contribution in [3.8, 4) is 0 Å². The average molecular weight is 387 g/mol. The van der Waals surface area contributed by atoms with Gasteiger partial charge in [0, 0.05) is 32.1 Å². The van der Waals surface area contributed by atoms with E-state index in [9.17, 15) is 14.0 Å². The Morgan fingerprint density at radius 2 is 1.56 bits per heavy atom. The molecule has 1 aliphatic heterocycles. The second kappa shape index (κ2) is 7.31. The molecule has 4 nitrogen and oxygen atoms in total. The molecule has 27 heavy (non-hydrogen) atoms. The Kier molecular flexibility index (Phi) is 4.87. The molecule has 1 heterocycles. The number of carbonyl (C=O) groups excluding carboxylic acids is 2. The van der Waals surface area contributed by atoms with Gasteiger partial charge < -0.3 is 9.80 Å². The SMILES string of the molecule is O=C(c1ccccc1Cl)N1CCN(C(=O)C2CC2c2ccc(F)cc2)CC1. The van der Waals surface area contributed by atoms with Gasteiger partial charge in [-0.1, -0.05) is 35.9 Å². The summed E-state index contributed by atoms with van der Waals surface area (Å²) in [7, 11) is 0. The quantitative estimate of drug-likeness (QED) is 0.809. The number of piperazine rings is 1. The monoisotopic (exact) mass is 386 g/mol. The number of nitrogens with zero attached hydrogens (tertiary/aromatic N) is 2. The minimum absolute atomic E-state index is 0.0266. The van der Waals surface area contributed by atoms with Crippen LogP contribution in [0.15, 0.2) is 48.5 Å². The lowest BCUT2D eigenvalue weighted by Crippen LogP contribution is -2.51. The van der Waals surface area contributed by atoms with E-state index >= 15 is 0 Å². The molecule has 1 saturated heterocycles. The van der Waals surface area contributed by atoms with Gasteiger partial charge >= 0.3 is 0 Å². The van der Waals surface area contributed by atoms with Gasteiger partial charge in [-0.2, -0.15) is 0 Å². The third kappa shape index (κ3) is 3.69. The van der Waals surface area contributed by atoms with Crippen molar-refractivity contribution in [1.29, 1.82) is 0 Å². The van der Waals surface area contributed by atoms with Crippen LogP contribution in [0.1, 0.15) is 28.3 Å². The Bertz CT molecular complexity index is 863. The van der Waals surface area contributed by atoms with E-state index in [0.29, 0.717) is 36.8 Å². The zero-order valence-corrected chi connectivity index (χ0v) is 15.5. The Morgan fingerprint density at radius 1 is 0.926 bits per heavy atom. The van der Waals surface area contributed by atoms with E-state index in [1.807, 2.05) is 4.90 Å². The first-order valence-electron chi connectivity index (χ1n) is 9.12. The number of rotatable bonds is 3. The van der Waals surface area contributed by atoms with Gasteiger partial charge in [-0.3, -0.25) is 9.59 Å². The minimum Gasteiger partial charge on any atom is -0.339 e. The van der Waals surface area contributed by atoms with E-state index in [1.54, 1.807) is 41.3 Å². The highest BCUT2D eigenvalue weighted by atomic mass is 35.5. The van der Waals surface area contributed by atoms with E-state index in [2.05, 4.69) is 0 Å². The summed E-state index contributed by atoms with van der Waals surface area (Å²) in [4.78, 5) is 28.9. The van der Waals surface area contributed by atoms with Crippen molar-refractivity contribution < 1.29 is 14.0 Å². The third-order valence-electron chi connectivity index (χ3n) is 5.39. The first-order valence-corrected chi connectivity index (χ1v) is 9.50. The van der Waals surface area contributed by atoms with E-state index < -0.39 is 0 Å². The van der Waals surface area contributed by atoms with Crippen molar-refractivity contribution in [3.63, 3.8) is 0 Å². The molecule has 0 N–H and O–H groups in total. The fourth-order valence-corrected chi connectivity index (χ4v) is 3.93. The van der Waals surface area contributed by atoms with Crippen molar-refractivity contribution >= 4 is 23.4 Å². The van der Waals surface area contributed by atoms with Gasteiger partial charge in [-0.05, 0) is 42.2 Å². The van der Waals surface area contributed by atoms with Gasteiger partial charge in [0.25, 0.3) is 5.91 Å². The molecule has 140 valence electrons. The van der Waals surface area contributed by atoms with Crippen LogP contribution in [0.25, 0.3) is 0 Å². The zero-order valence-electron chi connectivity index (χ0n) is 14.8. The summed E-state index contributed by atoms with van der Waals surface area (Å²) in [6, 6.07) is 13.4. The molecule has 2 unspecified atom stereocenters. The van der Waals surface area contributed by atoms with Crippen LogP contribution in [0.5, 0.6) is 0 Å². The smallest absolute Gasteiger partial charge is 0.255 e. The number of benzene rings is 2. The van der Waals surface area contributed by atoms with Gasteiger partial charge in [-0.25, -0.2) is 4.39 Å². The molecule has 0 spiro atoms. The van der Waals surface area contributed by atoms with Crippen molar-refractivity contribution in [1.82, 2.24) is 9.80 Å². The predicted molar refractivity (Wildman–Crippen MR) is 101 cm³/mol. The predicted octanol–water partition coefficient (Wildman–Crippen LogP) is 3.57. The number of amides is 2. The van der Waals surface area contributed by atoms with E-state index in [1.165, 1.54) is 12.1 Å². The fourth-order valence-electron chi connectivity index (χ4n) is 3.72. The summed E-state index contributed by atoms with van der Waals surface area (Å²) in [5.41, 5.74) is 1.51. The summed E-state index contributed by atoms with van der Waals surface area (Å²) in [5, 5.41) is 0.445. The molecule has 4 rings (SSSR count). The van der Waals surface area contributed by atoms with Crippen molar-refractivity contribution in [2.45, 2.75) is 12.3 Å². The van der Waals surface area contributed by atoms with Gasteiger partial charge in [0.1, 0.15) is 5.82 Å². The van der Waals surface area contributed by atoms with Crippen LogP contribution in [0.4, 0.5) is 4.39 Å². The first kappa shape index (κ1) is 18.0. The van der Waals surface area contributed by atoms with Gasteiger partial charge in [-0.15, -0.1) is 0 Å². The Labute approximate surface area is 162 Å². The lowest BCUT2D eigenvalue weighted by atomic mass is 10.1. The highest BCUT2D eigenvalue weighted by Crippen LogP contribution is 2.48. The molecule has 0 radical (unpaired) electrons. The van der Waals surface area contributed by atoms with Crippen LogP contribution in [0.3, 0.4) is 0 Å². The van der Waals surface area contributed by atoms with Crippen LogP contribution in [0, 0.1) is 11.7 Å². The molecule has 2 aromatic carbocycles. The topological polar surface area (TPSA) is 40.6 Å². The average Bonchev–Trinajstić information content (AvgIpc) is 3.49. The zero-order chi connectivity index (χ0) is 19.0. The molecular formula is C21H20ClFN2O2. The van der Waals surface area contributed by atoms with Gasteiger partial charge in [0.2, 0.25) is 5.91 Å². The molecule has 0 bridgehead atoms. The maximum atomic E-state index is 13.1. The van der Waals surface area contributed by atoms with Crippen molar-refractivity contribution in [3.05, 3.63) is 70.5 Å². The van der Waals surface area contributed by atoms with E-state index in [0.717, 1.165) is 12.0 Å². The highest BCUT2D eigenvalue weighted by Gasteiger charge is 2.46. The molecule has 2 aliphatic rings. The van der Waals surface area contributed by atoms with Crippen LogP contribution >= 0.6 is 11.6 Å². The van der Waals surface area contributed by atoms with Crippen LogP contribution in [-0.2, 0) is 4.79 Å². The van der Waals surface area contributed by atoms with Crippen molar-refractivity contribution in [2.24, 2.45) is 5.92 Å². The molecule has 1 aliphatic carbocycles. The largest absolute Gasteiger partial charge is 0.339 e. The summed E-state index contributed by atoms with van der Waals surface area (Å²) in [6.07, 6.45) is 0.809. The molecule has 2 amide bonds. The lowest BCUT2D eigenvalue weighted by molar-refractivity contribution is -0.134. The normalized spacial score (nSPS) is 21.9. The number of carbonyl (C=O) groups is 2. The lowest BCUT2D eigenvalue weighted by Gasteiger charge is -2.35. The third-order valence-corrected chi connectivity index (χ3v) is 5.72. The molecule has 2 aromatic rings. The molecule has 6 heteroatoms. The molecule has 0 aromatic heterocycles. The van der Waals surface area contributed by atoms with Gasteiger partial charge in [0.15, 0.2) is 0 Å². The fraction of sp³-hybridized carbons (Fsp3) is 0.333. The summed E-state index contributed by atoms with van der Waals surface area (Å²) in [5.74, 6) is -0.0683. The standard InChI is InChI=1S/C21H20ClFN2O2/c22-19-4-2-1-3-16(19)20(26)24-9-11-25(12-10-24)21(27)18-13-17(18)14-5-7-15(23)8-6-14/h1-8,17-18H,9-13H2. The van der Waals surface area contributed by atoms with E-state index in [-0.39, 0.29) is 29.5 Å². The van der Waals surface area contributed by atoms with Gasteiger partial charge in [0.05, 0.1) is 10.6 Å². The van der Waals surface area contributed by atoms with E-state index in [4.69, 9.17) is 11.6 Å². The maximum Gasteiger partial charge on any atom is 0.255 e. The molecular weight excluding hydrogens is 367 g/mol. The first-order chi connectivity index (χ1) is 13.0. The molecule has 2 atom stereocenters. The summed E-state index contributed by atoms with van der Waals surface area (Å²) < 4.78 is 13.1.